The molecular weight excluding hydrogens is 336 g/mol. The number of nitrogens with one attached hydrogen (secondary N) is 1. The molecule has 1 aliphatic rings. The monoisotopic (exact) mass is 358 g/mol. The molecule has 0 unspecified atom stereocenters. The van der Waals surface area contributed by atoms with Gasteiger partial charge in [-0.1, -0.05) is 12.1 Å². The van der Waals surface area contributed by atoms with Gasteiger partial charge < -0.3 is 16.0 Å². The van der Waals surface area contributed by atoms with Crippen LogP contribution in [0.5, 0.6) is 0 Å². The van der Waals surface area contributed by atoms with E-state index in [4.69, 9.17) is 5.73 Å². The number of amides is 2. The smallest absolute Gasteiger partial charge is 0.275 e. The van der Waals surface area contributed by atoms with Crippen molar-refractivity contribution in [3.8, 4) is 0 Å². The van der Waals surface area contributed by atoms with Crippen LogP contribution in [-0.2, 0) is 17.8 Å². The van der Waals surface area contributed by atoms with Crippen molar-refractivity contribution >= 4 is 28.8 Å². The van der Waals surface area contributed by atoms with Crippen LogP contribution in [0.2, 0.25) is 0 Å². The zero-order valence-corrected chi connectivity index (χ0v) is 14.8. The number of benzene rings is 1. The highest BCUT2D eigenvalue weighted by Gasteiger charge is 2.17. The van der Waals surface area contributed by atoms with Crippen molar-refractivity contribution in [2.24, 2.45) is 5.73 Å². The van der Waals surface area contributed by atoms with E-state index >= 15 is 0 Å². The van der Waals surface area contributed by atoms with Gasteiger partial charge in [-0.15, -0.1) is 11.3 Å². The zero-order chi connectivity index (χ0) is 17.6. The molecule has 2 aromatic rings. The lowest BCUT2D eigenvalue weighted by molar-refractivity contribution is -0.130. The van der Waals surface area contributed by atoms with Gasteiger partial charge in [0.2, 0.25) is 5.91 Å². The molecule has 1 aromatic carbocycles. The average Bonchev–Trinajstić information content (AvgIpc) is 3.32. The molecule has 0 saturated carbocycles. The molecule has 1 aliphatic heterocycles. The molecule has 132 valence electrons. The molecule has 25 heavy (non-hydrogen) atoms. The van der Waals surface area contributed by atoms with E-state index < -0.39 is 0 Å². The minimum absolute atomic E-state index is 0.231. The first-order valence-corrected chi connectivity index (χ1v) is 9.36. The van der Waals surface area contributed by atoms with Gasteiger partial charge in [0, 0.05) is 37.1 Å². The van der Waals surface area contributed by atoms with E-state index in [1.54, 1.807) is 5.38 Å². The Balaban J connectivity index is 1.51. The first kappa shape index (κ1) is 17.6. The topological polar surface area (TPSA) is 88.3 Å². The van der Waals surface area contributed by atoms with Gasteiger partial charge in [-0.25, -0.2) is 4.98 Å². The van der Waals surface area contributed by atoms with Crippen molar-refractivity contribution in [1.29, 1.82) is 0 Å². The molecule has 3 rings (SSSR count). The lowest BCUT2D eigenvalue weighted by Crippen LogP contribution is -2.27. The summed E-state index contributed by atoms with van der Waals surface area (Å²) in [7, 11) is 0. The van der Waals surface area contributed by atoms with Crippen LogP contribution in [-0.4, -0.2) is 34.8 Å². The van der Waals surface area contributed by atoms with Gasteiger partial charge in [0.25, 0.3) is 5.91 Å². The van der Waals surface area contributed by atoms with Gasteiger partial charge in [0.1, 0.15) is 10.7 Å². The number of likely N-dealkylation sites (tertiary alicyclic amines) is 1. The molecule has 0 spiro atoms. The number of nitrogens with zero attached hydrogens (tertiary/aromatic N) is 2. The molecule has 6 nitrogen and oxygen atoms in total. The summed E-state index contributed by atoms with van der Waals surface area (Å²) in [6.45, 7) is 2.13. The van der Waals surface area contributed by atoms with E-state index in [2.05, 4.69) is 10.3 Å². The summed E-state index contributed by atoms with van der Waals surface area (Å²) in [4.78, 5) is 30.3. The largest absolute Gasteiger partial charge is 0.343 e. The Morgan fingerprint density at radius 1 is 1.20 bits per heavy atom. The Hall–Kier alpha value is -2.25. The summed E-state index contributed by atoms with van der Waals surface area (Å²) in [5.41, 5.74) is 7.69. The molecular formula is C18H22N4O2S. The van der Waals surface area contributed by atoms with Crippen LogP contribution in [0.15, 0.2) is 29.6 Å². The number of aromatic nitrogens is 1. The maximum Gasteiger partial charge on any atom is 0.275 e. The van der Waals surface area contributed by atoms with E-state index in [0.717, 1.165) is 42.9 Å². The summed E-state index contributed by atoms with van der Waals surface area (Å²) >= 11 is 1.38. The van der Waals surface area contributed by atoms with Crippen LogP contribution in [0.3, 0.4) is 0 Å². The van der Waals surface area contributed by atoms with Gasteiger partial charge in [-0.3, -0.25) is 9.59 Å². The lowest BCUT2D eigenvalue weighted by atomic mass is 10.1. The van der Waals surface area contributed by atoms with Gasteiger partial charge in [-0.2, -0.15) is 0 Å². The van der Waals surface area contributed by atoms with E-state index in [1.165, 1.54) is 11.3 Å². The number of rotatable bonds is 6. The minimum Gasteiger partial charge on any atom is -0.343 e. The molecule has 1 aromatic heterocycles. The van der Waals surface area contributed by atoms with Crippen LogP contribution in [0.1, 0.15) is 40.3 Å². The number of carbonyl (C=O) groups is 2. The average molecular weight is 358 g/mol. The number of carbonyl (C=O) groups excluding carboxylic acids is 2. The summed E-state index contributed by atoms with van der Waals surface area (Å²) in [6, 6.07) is 7.59. The van der Waals surface area contributed by atoms with E-state index in [1.807, 2.05) is 29.2 Å². The van der Waals surface area contributed by atoms with Crippen LogP contribution in [0.25, 0.3) is 0 Å². The van der Waals surface area contributed by atoms with Crippen molar-refractivity contribution in [3.05, 3.63) is 45.9 Å². The van der Waals surface area contributed by atoms with E-state index in [0.29, 0.717) is 24.3 Å². The van der Waals surface area contributed by atoms with E-state index in [9.17, 15) is 9.59 Å². The summed E-state index contributed by atoms with van der Waals surface area (Å²) in [5, 5.41) is 5.26. The van der Waals surface area contributed by atoms with Gasteiger partial charge in [0.15, 0.2) is 0 Å². The Labute approximate surface area is 151 Å². The Morgan fingerprint density at radius 3 is 2.56 bits per heavy atom. The molecule has 1 fully saturated rings. The Kier molecular flexibility index (Phi) is 5.78. The van der Waals surface area contributed by atoms with Gasteiger partial charge in [-0.05, 0) is 37.0 Å². The van der Waals surface area contributed by atoms with Gasteiger partial charge >= 0.3 is 0 Å². The second kappa shape index (κ2) is 8.22. The third kappa shape index (κ3) is 4.64. The molecule has 2 heterocycles. The predicted molar refractivity (Wildman–Crippen MR) is 98.5 cm³/mol. The second-order valence-corrected chi connectivity index (χ2v) is 7.01. The zero-order valence-electron chi connectivity index (χ0n) is 14.0. The number of hydrogen-bond acceptors (Lipinski definition) is 5. The quantitative estimate of drug-likeness (QED) is 0.830. The fourth-order valence-corrected chi connectivity index (χ4v) is 3.49. The Morgan fingerprint density at radius 2 is 1.92 bits per heavy atom. The SMILES string of the molecule is NCc1nc(C(=O)Nc2ccc(CCC(=O)N3CCCC3)cc2)cs1. The first-order valence-electron chi connectivity index (χ1n) is 8.48. The summed E-state index contributed by atoms with van der Waals surface area (Å²) < 4.78 is 0. The third-order valence-corrected chi connectivity index (χ3v) is 5.13. The molecule has 1 saturated heterocycles. The molecule has 0 aliphatic carbocycles. The van der Waals surface area contributed by atoms with Crippen molar-refractivity contribution in [3.63, 3.8) is 0 Å². The van der Waals surface area contributed by atoms with Crippen molar-refractivity contribution in [1.82, 2.24) is 9.88 Å². The number of anilines is 1. The second-order valence-electron chi connectivity index (χ2n) is 6.07. The minimum atomic E-state index is -0.243. The number of thiazole rings is 1. The van der Waals surface area contributed by atoms with Crippen molar-refractivity contribution in [2.45, 2.75) is 32.2 Å². The molecule has 2 amide bonds. The van der Waals surface area contributed by atoms with Crippen LogP contribution >= 0.6 is 11.3 Å². The summed E-state index contributed by atoms with van der Waals surface area (Å²) in [5.74, 6) is -0.0120. The molecule has 3 N–H and O–H groups in total. The fraction of sp³-hybridized carbons (Fsp3) is 0.389. The normalized spacial score (nSPS) is 13.9. The highest BCUT2D eigenvalue weighted by atomic mass is 32.1. The van der Waals surface area contributed by atoms with Crippen molar-refractivity contribution < 1.29 is 9.59 Å². The standard InChI is InChI=1S/C18H22N4O2S/c19-11-16-21-15(12-25-16)18(24)20-14-6-3-13(4-7-14)5-8-17(23)22-9-1-2-10-22/h3-4,6-7,12H,1-2,5,8-11,19H2,(H,20,24). The van der Waals surface area contributed by atoms with E-state index in [-0.39, 0.29) is 11.8 Å². The fourth-order valence-electron chi connectivity index (χ4n) is 2.83. The van der Waals surface area contributed by atoms with Crippen molar-refractivity contribution in [2.75, 3.05) is 18.4 Å². The third-order valence-electron chi connectivity index (χ3n) is 4.26. The number of aryl methyl sites for hydroxylation is 1. The number of nitrogens with two attached hydrogens (primary N) is 1. The molecule has 7 heteroatoms. The maximum absolute atomic E-state index is 12.1. The highest BCUT2D eigenvalue weighted by molar-refractivity contribution is 7.09. The van der Waals surface area contributed by atoms with Crippen LogP contribution < -0.4 is 11.1 Å². The van der Waals surface area contributed by atoms with Crippen LogP contribution in [0, 0.1) is 0 Å². The molecule has 0 radical (unpaired) electrons. The highest BCUT2D eigenvalue weighted by Crippen LogP contribution is 2.15. The first-order chi connectivity index (χ1) is 12.2. The summed E-state index contributed by atoms with van der Waals surface area (Å²) in [6.07, 6.45) is 3.49. The van der Waals surface area contributed by atoms with Crippen LogP contribution in [0.4, 0.5) is 5.69 Å². The lowest BCUT2D eigenvalue weighted by Gasteiger charge is -2.15. The molecule has 0 atom stereocenters. The molecule has 0 bridgehead atoms. The number of hydrogen-bond donors (Lipinski definition) is 2. The maximum atomic E-state index is 12.1. The predicted octanol–water partition coefficient (Wildman–Crippen LogP) is 2.41. The Bertz CT molecular complexity index is 736. The van der Waals surface area contributed by atoms with Gasteiger partial charge in [0.05, 0.1) is 0 Å².